The lowest BCUT2D eigenvalue weighted by molar-refractivity contribution is -0.137. The summed E-state index contributed by atoms with van der Waals surface area (Å²) in [6.45, 7) is 8.30. The van der Waals surface area contributed by atoms with E-state index in [-0.39, 0.29) is 23.4 Å². The molecule has 1 N–H and O–H groups in total. The molecule has 0 radical (unpaired) electrons. The molecule has 158 valence electrons. The fourth-order valence-corrected chi connectivity index (χ4v) is 3.67. The van der Waals surface area contributed by atoms with Gasteiger partial charge >= 0.3 is 0 Å². The van der Waals surface area contributed by atoms with Crippen LogP contribution in [-0.4, -0.2) is 37.5 Å². The molecule has 0 bridgehead atoms. The van der Waals surface area contributed by atoms with Crippen LogP contribution in [0.5, 0.6) is 11.5 Å². The van der Waals surface area contributed by atoms with E-state index in [1.165, 1.54) is 12.0 Å². The van der Waals surface area contributed by atoms with Crippen LogP contribution in [0.15, 0.2) is 42.1 Å². The zero-order valence-corrected chi connectivity index (χ0v) is 18.3. The van der Waals surface area contributed by atoms with Gasteiger partial charge in [-0.1, -0.05) is 26.0 Å². The molecule has 2 amide bonds. The van der Waals surface area contributed by atoms with Crippen molar-refractivity contribution >= 4 is 23.1 Å². The molecule has 0 unspecified atom stereocenters. The van der Waals surface area contributed by atoms with Crippen LogP contribution in [0.1, 0.15) is 30.5 Å². The molecule has 0 aromatic heterocycles. The molecular weight excluding hydrogens is 380 g/mol. The van der Waals surface area contributed by atoms with Crippen LogP contribution in [0.3, 0.4) is 0 Å². The highest BCUT2D eigenvalue weighted by atomic mass is 16.5. The number of hydrogen-bond donors (Lipinski definition) is 1. The predicted molar refractivity (Wildman–Crippen MR) is 118 cm³/mol. The Kier molecular flexibility index (Phi) is 6.15. The number of methoxy groups -OCH3 is 2. The fraction of sp³-hybridized carbons (Fsp3) is 0.333. The van der Waals surface area contributed by atoms with E-state index < -0.39 is 0 Å². The quantitative estimate of drug-likeness (QED) is 0.697. The van der Waals surface area contributed by atoms with Gasteiger partial charge in [0.15, 0.2) is 11.5 Å². The summed E-state index contributed by atoms with van der Waals surface area (Å²) in [5, 5.41) is 3.22. The molecule has 30 heavy (non-hydrogen) atoms. The van der Waals surface area contributed by atoms with Gasteiger partial charge in [-0.3, -0.25) is 14.5 Å². The van der Waals surface area contributed by atoms with E-state index in [4.69, 9.17) is 9.47 Å². The Balaban J connectivity index is 2.13. The number of ether oxygens (including phenoxy) is 2. The Hall–Kier alpha value is -3.28. The predicted octanol–water partition coefficient (Wildman–Crippen LogP) is 4.17. The Morgan fingerprint density at radius 2 is 1.53 bits per heavy atom. The van der Waals surface area contributed by atoms with E-state index >= 15 is 0 Å². The first-order valence-corrected chi connectivity index (χ1v) is 9.93. The van der Waals surface area contributed by atoms with Crippen molar-refractivity contribution in [3.8, 4) is 11.5 Å². The summed E-state index contributed by atoms with van der Waals surface area (Å²) in [4.78, 5) is 27.8. The molecule has 3 rings (SSSR count). The number of carbonyl (C=O) groups is 2. The lowest BCUT2D eigenvalue weighted by Crippen LogP contribution is -2.35. The smallest absolute Gasteiger partial charge is 0.278 e. The van der Waals surface area contributed by atoms with Crippen molar-refractivity contribution in [2.45, 2.75) is 27.7 Å². The van der Waals surface area contributed by atoms with Crippen molar-refractivity contribution in [3.63, 3.8) is 0 Å². The lowest BCUT2D eigenvalue weighted by atomic mass is 10.0. The minimum absolute atomic E-state index is 0.158. The first-order valence-electron chi connectivity index (χ1n) is 9.93. The summed E-state index contributed by atoms with van der Waals surface area (Å²) in [6, 6.07) is 11.2. The van der Waals surface area contributed by atoms with Crippen LogP contribution in [0.25, 0.3) is 5.57 Å². The van der Waals surface area contributed by atoms with Crippen LogP contribution in [0, 0.1) is 19.8 Å². The number of anilines is 1. The second-order valence-electron chi connectivity index (χ2n) is 7.94. The van der Waals surface area contributed by atoms with Crippen LogP contribution in [0.2, 0.25) is 0 Å². The molecule has 6 heteroatoms. The molecule has 0 saturated carbocycles. The van der Waals surface area contributed by atoms with Gasteiger partial charge in [0.1, 0.15) is 5.70 Å². The third kappa shape index (κ3) is 4.17. The maximum atomic E-state index is 13.3. The first-order chi connectivity index (χ1) is 14.2. The summed E-state index contributed by atoms with van der Waals surface area (Å²) < 4.78 is 10.7. The van der Waals surface area contributed by atoms with E-state index in [0.29, 0.717) is 29.2 Å². The molecule has 0 fully saturated rings. The molecule has 0 atom stereocenters. The van der Waals surface area contributed by atoms with Gasteiger partial charge in [0.05, 0.1) is 19.8 Å². The highest BCUT2D eigenvalue weighted by molar-refractivity contribution is 6.36. The normalized spacial score (nSPS) is 14.0. The minimum atomic E-state index is -0.322. The number of nitrogens with zero attached hydrogens (tertiary/aromatic N) is 1. The van der Waals surface area contributed by atoms with Crippen molar-refractivity contribution in [1.82, 2.24) is 4.90 Å². The standard InChI is InChI=1S/C24H28N2O4/c1-14(2)13-26-23(27)21(17-7-8-19(29-5)20(12-17)30-6)22(24(26)28)25-18-10-15(3)9-16(4)11-18/h7-12,14,25H,13H2,1-6H3. The summed E-state index contributed by atoms with van der Waals surface area (Å²) in [6.07, 6.45) is 0. The maximum Gasteiger partial charge on any atom is 0.278 e. The maximum absolute atomic E-state index is 13.3. The fourth-order valence-electron chi connectivity index (χ4n) is 3.67. The topological polar surface area (TPSA) is 67.9 Å². The summed E-state index contributed by atoms with van der Waals surface area (Å²) in [5.74, 6) is 0.577. The van der Waals surface area contributed by atoms with E-state index in [2.05, 4.69) is 11.4 Å². The van der Waals surface area contributed by atoms with E-state index in [0.717, 1.165) is 16.8 Å². The molecule has 2 aromatic rings. The van der Waals surface area contributed by atoms with Crippen LogP contribution >= 0.6 is 0 Å². The Morgan fingerprint density at radius 1 is 0.900 bits per heavy atom. The summed E-state index contributed by atoms with van der Waals surface area (Å²) in [5.41, 5.74) is 4.12. The average molecular weight is 408 g/mol. The van der Waals surface area contributed by atoms with Crippen molar-refractivity contribution < 1.29 is 19.1 Å². The van der Waals surface area contributed by atoms with Crippen molar-refractivity contribution in [2.75, 3.05) is 26.1 Å². The van der Waals surface area contributed by atoms with Crippen LogP contribution in [0.4, 0.5) is 5.69 Å². The molecule has 1 aliphatic heterocycles. The van der Waals surface area contributed by atoms with E-state index in [1.54, 1.807) is 25.3 Å². The second-order valence-corrected chi connectivity index (χ2v) is 7.94. The second kappa shape index (κ2) is 8.61. The number of imide groups is 1. The Morgan fingerprint density at radius 3 is 2.10 bits per heavy atom. The first kappa shape index (κ1) is 21.4. The number of amides is 2. The number of aryl methyl sites for hydroxylation is 2. The highest BCUT2D eigenvalue weighted by Crippen LogP contribution is 2.36. The van der Waals surface area contributed by atoms with Crippen LogP contribution in [-0.2, 0) is 9.59 Å². The monoisotopic (exact) mass is 408 g/mol. The van der Waals surface area contributed by atoms with Gasteiger partial charge in [0.25, 0.3) is 11.8 Å². The van der Waals surface area contributed by atoms with Gasteiger partial charge < -0.3 is 14.8 Å². The third-order valence-electron chi connectivity index (χ3n) is 4.88. The molecule has 6 nitrogen and oxygen atoms in total. The van der Waals surface area contributed by atoms with Gasteiger partial charge in [-0.25, -0.2) is 0 Å². The number of hydrogen-bond acceptors (Lipinski definition) is 5. The molecular formula is C24H28N2O4. The van der Waals surface area contributed by atoms with Gasteiger partial charge in [0, 0.05) is 12.2 Å². The van der Waals surface area contributed by atoms with Gasteiger partial charge in [-0.15, -0.1) is 0 Å². The van der Waals surface area contributed by atoms with Crippen molar-refractivity contribution in [2.24, 2.45) is 5.92 Å². The average Bonchev–Trinajstić information content (AvgIpc) is 2.90. The molecule has 0 spiro atoms. The molecule has 2 aromatic carbocycles. The van der Waals surface area contributed by atoms with Gasteiger partial charge in [-0.2, -0.15) is 0 Å². The number of rotatable bonds is 7. The van der Waals surface area contributed by atoms with E-state index in [9.17, 15) is 9.59 Å². The SMILES string of the molecule is COc1ccc(C2=C(Nc3cc(C)cc(C)c3)C(=O)N(CC(C)C)C2=O)cc1OC. The number of nitrogens with one attached hydrogen (secondary N) is 1. The molecule has 0 aliphatic carbocycles. The molecule has 1 heterocycles. The Bertz CT molecular complexity index is 1000. The highest BCUT2D eigenvalue weighted by Gasteiger charge is 2.39. The Labute approximate surface area is 177 Å². The van der Waals surface area contributed by atoms with Crippen molar-refractivity contribution in [3.05, 3.63) is 58.8 Å². The van der Waals surface area contributed by atoms with Gasteiger partial charge in [0.2, 0.25) is 0 Å². The summed E-state index contributed by atoms with van der Waals surface area (Å²) >= 11 is 0. The largest absolute Gasteiger partial charge is 0.493 e. The van der Waals surface area contributed by atoms with Crippen molar-refractivity contribution in [1.29, 1.82) is 0 Å². The summed E-state index contributed by atoms with van der Waals surface area (Å²) in [7, 11) is 3.09. The molecule has 0 saturated heterocycles. The zero-order chi connectivity index (χ0) is 22.0. The number of carbonyl (C=O) groups excluding carboxylic acids is 2. The lowest BCUT2D eigenvalue weighted by Gasteiger charge is -2.17. The zero-order valence-electron chi connectivity index (χ0n) is 18.3. The van der Waals surface area contributed by atoms with Crippen LogP contribution < -0.4 is 14.8 Å². The third-order valence-corrected chi connectivity index (χ3v) is 4.88. The number of benzene rings is 2. The van der Waals surface area contributed by atoms with Gasteiger partial charge in [-0.05, 0) is 60.7 Å². The minimum Gasteiger partial charge on any atom is -0.493 e. The molecule has 1 aliphatic rings. The van der Waals surface area contributed by atoms with E-state index in [1.807, 2.05) is 39.8 Å².